The summed E-state index contributed by atoms with van der Waals surface area (Å²) in [6.07, 6.45) is 6.71. The number of hydrogen-bond donors (Lipinski definition) is 0. The molecule has 3 rings (SSSR count). The number of ketones is 1. The molecule has 0 aliphatic carbocycles. The number of nitrogens with zero attached hydrogens (tertiary/aromatic N) is 2. The van der Waals surface area contributed by atoms with Crippen LogP contribution in [0.4, 0.5) is 0 Å². The monoisotopic (exact) mass is 266 g/mol. The van der Waals surface area contributed by atoms with E-state index in [-0.39, 0.29) is 5.78 Å². The van der Waals surface area contributed by atoms with E-state index < -0.39 is 0 Å². The summed E-state index contributed by atoms with van der Waals surface area (Å²) in [6.45, 7) is 0. The molecule has 0 fully saturated rings. The molecule has 0 bridgehead atoms. The van der Waals surface area contributed by atoms with E-state index in [1.54, 1.807) is 24.5 Å². The lowest BCUT2D eigenvalue weighted by Gasteiger charge is -1.97. The lowest BCUT2D eigenvalue weighted by molar-refractivity contribution is 0.104. The molecule has 0 amide bonds. The van der Waals surface area contributed by atoms with Crippen LogP contribution in [0.2, 0.25) is 0 Å². The minimum atomic E-state index is 0.0143. The highest BCUT2D eigenvalue weighted by Gasteiger charge is 2.01. The molecule has 0 aliphatic rings. The van der Waals surface area contributed by atoms with Crippen molar-refractivity contribution in [1.82, 2.24) is 9.97 Å². The van der Waals surface area contributed by atoms with Crippen molar-refractivity contribution in [1.29, 1.82) is 0 Å². The van der Waals surface area contributed by atoms with Gasteiger partial charge in [0.2, 0.25) is 0 Å². The number of hydrogen-bond acceptors (Lipinski definition) is 4. The molecule has 2 heterocycles. The number of fused-ring (bicyclic) bond motifs is 1. The highest BCUT2D eigenvalue weighted by atomic mass is 32.1. The second-order valence-electron chi connectivity index (χ2n) is 4.01. The van der Waals surface area contributed by atoms with E-state index in [0.29, 0.717) is 0 Å². The zero-order chi connectivity index (χ0) is 13.1. The second kappa shape index (κ2) is 5.12. The lowest BCUT2D eigenvalue weighted by Crippen LogP contribution is -1.90. The molecule has 0 unspecified atom stereocenters. The number of benzene rings is 1. The molecule has 1 aromatic carbocycles. The van der Waals surface area contributed by atoms with E-state index in [0.717, 1.165) is 22.2 Å². The average molecular weight is 266 g/mol. The summed E-state index contributed by atoms with van der Waals surface area (Å²) in [5.74, 6) is 0.0143. The fraction of sp³-hybridized carbons (Fsp3) is 0. The third-order valence-electron chi connectivity index (χ3n) is 2.73. The minimum absolute atomic E-state index is 0.0143. The molecule has 92 valence electrons. The molecule has 0 radical (unpaired) electrons. The summed E-state index contributed by atoms with van der Waals surface area (Å²) in [6, 6.07) is 7.56. The molecule has 2 aromatic heterocycles. The summed E-state index contributed by atoms with van der Waals surface area (Å²) in [5.41, 5.74) is 3.34. The van der Waals surface area contributed by atoms with Gasteiger partial charge in [0, 0.05) is 23.3 Å². The Morgan fingerprint density at radius 1 is 1.11 bits per heavy atom. The maximum absolute atomic E-state index is 11.8. The van der Waals surface area contributed by atoms with Crippen molar-refractivity contribution in [2.75, 3.05) is 0 Å². The van der Waals surface area contributed by atoms with Crippen molar-refractivity contribution in [3.63, 3.8) is 0 Å². The van der Waals surface area contributed by atoms with Gasteiger partial charge in [-0.25, -0.2) is 0 Å². The Kier molecular flexibility index (Phi) is 3.16. The first-order valence-electron chi connectivity index (χ1n) is 5.78. The van der Waals surface area contributed by atoms with Gasteiger partial charge < -0.3 is 0 Å². The molecule has 19 heavy (non-hydrogen) atoms. The molecule has 0 saturated heterocycles. The molecule has 0 atom stereocenters. The van der Waals surface area contributed by atoms with Crippen LogP contribution >= 0.6 is 11.3 Å². The van der Waals surface area contributed by atoms with Crippen LogP contribution in [0.3, 0.4) is 0 Å². The van der Waals surface area contributed by atoms with Gasteiger partial charge in [-0.2, -0.15) is 11.3 Å². The smallest absolute Gasteiger partial charge is 0.186 e. The second-order valence-corrected chi connectivity index (χ2v) is 4.79. The number of carbonyl (C=O) groups excluding carboxylic acids is 1. The summed E-state index contributed by atoms with van der Waals surface area (Å²) >= 11 is 1.52. The third-order valence-corrected chi connectivity index (χ3v) is 3.41. The van der Waals surface area contributed by atoms with E-state index in [1.807, 2.05) is 35.0 Å². The van der Waals surface area contributed by atoms with Gasteiger partial charge in [-0.05, 0) is 35.2 Å². The first-order chi connectivity index (χ1) is 9.33. The SMILES string of the molecule is O=C(/C=C/c1ccc2nccnc2c1)c1ccsc1. The van der Waals surface area contributed by atoms with E-state index in [2.05, 4.69) is 9.97 Å². The van der Waals surface area contributed by atoms with Gasteiger partial charge in [0.05, 0.1) is 11.0 Å². The van der Waals surface area contributed by atoms with Gasteiger partial charge in [0.15, 0.2) is 5.78 Å². The van der Waals surface area contributed by atoms with E-state index in [1.165, 1.54) is 11.3 Å². The van der Waals surface area contributed by atoms with E-state index in [9.17, 15) is 4.79 Å². The van der Waals surface area contributed by atoms with Gasteiger partial charge >= 0.3 is 0 Å². The van der Waals surface area contributed by atoms with Crippen LogP contribution in [-0.4, -0.2) is 15.8 Å². The Morgan fingerprint density at radius 2 is 1.95 bits per heavy atom. The number of carbonyl (C=O) groups is 1. The number of rotatable bonds is 3. The molecular weight excluding hydrogens is 256 g/mol. The number of aromatic nitrogens is 2. The summed E-state index contributed by atoms with van der Waals surface area (Å²) in [5, 5.41) is 3.74. The Labute approximate surface area is 114 Å². The minimum Gasteiger partial charge on any atom is -0.289 e. The van der Waals surface area contributed by atoms with Gasteiger partial charge in [-0.15, -0.1) is 0 Å². The van der Waals surface area contributed by atoms with Gasteiger partial charge in [-0.3, -0.25) is 14.8 Å². The van der Waals surface area contributed by atoms with Crippen LogP contribution in [0.25, 0.3) is 17.1 Å². The Bertz CT molecular complexity index is 748. The Balaban J connectivity index is 1.87. The zero-order valence-corrected chi connectivity index (χ0v) is 10.8. The van der Waals surface area contributed by atoms with Crippen LogP contribution in [0, 0.1) is 0 Å². The van der Waals surface area contributed by atoms with Crippen LogP contribution in [-0.2, 0) is 0 Å². The van der Waals surface area contributed by atoms with Gasteiger partial charge in [0.1, 0.15) is 0 Å². The molecule has 3 aromatic rings. The van der Waals surface area contributed by atoms with Crippen molar-refractivity contribution < 1.29 is 4.79 Å². The van der Waals surface area contributed by atoms with Crippen LogP contribution in [0.1, 0.15) is 15.9 Å². The molecular formula is C15H10N2OS. The van der Waals surface area contributed by atoms with Crippen molar-refractivity contribution in [2.45, 2.75) is 0 Å². The first-order valence-corrected chi connectivity index (χ1v) is 6.72. The predicted molar refractivity (Wildman–Crippen MR) is 77.2 cm³/mol. The Hall–Kier alpha value is -2.33. The topological polar surface area (TPSA) is 42.9 Å². The predicted octanol–water partition coefficient (Wildman–Crippen LogP) is 3.59. The number of allylic oxidation sites excluding steroid dienone is 1. The summed E-state index contributed by atoms with van der Waals surface area (Å²) in [7, 11) is 0. The van der Waals surface area contributed by atoms with Crippen LogP contribution < -0.4 is 0 Å². The maximum atomic E-state index is 11.8. The molecule has 3 nitrogen and oxygen atoms in total. The summed E-state index contributed by atoms with van der Waals surface area (Å²) < 4.78 is 0. The van der Waals surface area contributed by atoms with Crippen molar-refractivity contribution in [3.05, 3.63) is 64.6 Å². The molecule has 0 N–H and O–H groups in total. The number of thiophene rings is 1. The quantitative estimate of drug-likeness (QED) is 0.537. The molecule has 4 heteroatoms. The standard InChI is InChI=1S/C15H10N2OS/c18-15(12-5-8-19-10-12)4-2-11-1-3-13-14(9-11)17-7-6-16-13/h1-10H/b4-2+. The third kappa shape index (κ3) is 2.58. The van der Waals surface area contributed by atoms with E-state index in [4.69, 9.17) is 0 Å². The van der Waals surface area contributed by atoms with Crippen molar-refractivity contribution >= 4 is 34.2 Å². The zero-order valence-electron chi connectivity index (χ0n) is 9.98. The van der Waals surface area contributed by atoms with Crippen LogP contribution in [0.15, 0.2) is 53.5 Å². The largest absolute Gasteiger partial charge is 0.289 e. The molecule has 0 saturated carbocycles. The lowest BCUT2D eigenvalue weighted by atomic mass is 10.1. The van der Waals surface area contributed by atoms with Gasteiger partial charge in [0.25, 0.3) is 0 Å². The van der Waals surface area contributed by atoms with Crippen molar-refractivity contribution in [3.8, 4) is 0 Å². The summed E-state index contributed by atoms with van der Waals surface area (Å²) in [4.78, 5) is 20.3. The fourth-order valence-electron chi connectivity index (χ4n) is 1.76. The first kappa shape index (κ1) is 11.7. The molecule has 0 spiro atoms. The molecule has 0 aliphatic heterocycles. The average Bonchev–Trinajstić information content (AvgIpc) is 2.99. The van der Waals surface area contributed by atoms with Crippen molar-refractivity contribution in [2.24, 2.45) is 0 Å². The highest BCUT2D eigenvalue weighted by Crippen LogP contribution is 2.13. The Morgan fingerprint density at radius 3 is 2.74 bits per heavy atom. The van der Waals surface area contributed by atoms with E-state index >= 15 is 0 Å². The van der Waals surface area contributed by atoms with Crippen LogP contribution in [0.5, 0.6) is 0 Å². The fourth-order valence-corrected chi connectivity index (χ4v) is 2.40. The normalized spacial score (nSPS) is 11.2. The highest BCUT2D eigenvalue weighted by molar-refractivity contribution is 7.08. The maximum Gasteiger partial charge on any atom is 0.186 e. The van der Waals surface area contributed by atoms with Gasteiger partial charge in [-0.1, -0.05) is 12.1 Å².